The van der Waals surface area contributed by atoms with Crippen molar-refractivity contribution in [2.75, 3.05) is 11.9 Å². The smallest absolute Gasteiger partial charge is 0.243 e. The lowest BCUT2D eigenvalue weighted by Crippen LogP contribution is -2.28. The van der Waals surface area contributed by atoms with Gasteiger partial charge in [-0.05, 0) is 18.1 Å². The largest absolute Gasteiger partial charge is 0.391 e. The molecule has 1 unspecified atom stereocenters. The Morgan fingerprint density at radius 2 is 1.79 bits per heavy atom. The second-order valence-electron chi connectivity index (χ2n) is 4.65. The summed E-state index contributed by atoms with van der Waals surface area (Å²) in [6, 6.07) is 7.59. The molecule has 1 atom stereocenters. The van der Waals surface area contributed by atoms with Crippen molar-refractivity contribution in [2.24, 2.45) is 5.92 Å². The first-order valence-electron chi connectivity index (χ1n) is 6.76. The molecule has 0 aliphatic heterocycles. The van der Waals surface area contributed by atoms with Gasteiger partial charge in [-0.3, -0.25) is 0 Å². The van der Waals surface area contributed by atoms with Gasteiger partial charge in [0.15, 0.2) is 0 Å². The number of nitrogens with one attached hydrogen (secondary N) is 1. The van der Waals surface area contributed by atoms with Gasteiger partial charge in [-0.1, -0.05) is 38.8 Å². The molecule has 1 aromatic heterocycles. The van der Waals surface area contributed by atoms with Crippen LogP contribution in [0.3, 0.4) is 0 Å². The number of hydrogen-bond donors (Lipinski definition) is 2. The van der Waals surface area contributed by atoms with E-state index in [9.17, 15) is 5.11 Å². The molecule has 2 rings (SSSR count). The summed E-state index contributed by atoms with van der Waals surface area (Å²) in [6.07, 6.45) is 1.55. The van der Waals surface area contributed by atoms with Crippen LogP contribution >= 0.6 is 0 Å². The molecule has 0 amide bonds. The molecule has 5 heteroatoms. The highest BCUT2D eigenvalue weighted by molar-refractivity contribution is 5.73. The zero-order valence-electron chi connectivity index (χ0n) is 11.4. The molecular formula is C14H20N4O. The number of rotatable bonds is 6. The summed E-state index contributed by atoms with van der Waals surface area (Å²) in [6.45, 7) is 4.63. The van der Waals surface area contributed by atoms with Crippen LogP contribution in [0.15, 0.2) is 24.3 Å². The number of hydrogen-bond acceptors (Lipinski definition) is 5. The van der Waals surface area contributed by atoms with E-state index in [0.717, 1.165) is 23.9 Å². The highest BCUT2D eigenvalue weighted by Gasteiger charge is 2.15. The van der Waals surface area contributed by atoms with Crippen molar-refractivity contribution in [1.82, 2.24) is 15.2 Å². The van der Waals surface area contributed by atoms with Crippen molar-refractivity contribution in [3.63, 3.8) is 0 Å². The highest BCUT2D eigenvalue weighted by atomic mass is 16.3. The molecule has 0 aliphatic carbocycles. The molecule has 2 aromatic rings. The third kappa shape index (κ3) is 3.38. The van der Waals surface area contributed by atoms with Gasteiger partial charge in [0, 0.05) is 6.54 Å². The topological polar surface area (TPSA) is 70.9 Å². The summed E-state index contributed by atoms with van der Waals surface area (Å²) in [4.78, 5) is 4.36. The lowest BCUT2D eigenvalue weighted by Gasteiger charge is -2.20. The molecular weight excluding hydrogens is 240 g/mol. The molecule has 5 nitrogen and oxygen atoms in total. The van der Waals surface area contributed by atoms with Gasteiger partial charge in [0.25, 0.3) is 0 Å². The zero-order chi connectivity index (χ0) is 13.7. The summed E-state index contributed by atoms with van der Waals surface area (Å²) in [5.74, 6) is 0.768. The van der Waals surface area contributed by atoms with Crippen LogP contribution in [0, 0.1) is 5.92 Å². The monoisotopic (exact) mass is 260 g/mol. The van der Waals surface area contributed by atoms with Crippen molar-refractivity contribution in [2.45, 2.75) is 32.8 Å². The standard InChI is InChI=1S/C14H20N4O/c1-3-10(4-2)13(19)9-15-14-16-11-7-5-6-8-12(11)17-18-14/h5-8,10,13,19H,3-4,9H2,1-2H3,(H,15,16,18). The van der Waals surface area contributed by atoms with Gasteiger partial charge >= 0.3 is 0 Å². The van der Waals surface area contributed by atoms with Gasteiger partial charge in [0.1, 0.15) is 5.52 Å². The number of aliphatic hydroxyl groups excluding tert-OH is 1. The van der Waals surface area contributed by atoms with Crippen LogP contribution in [0.25, 0.3) is 11.0 Å². The van der Waals surface area contributed by atoms with Crippen LogP contribution in [0.1, 0.15) is 26.7 Å². The highest BCUT2D eigenvalue weighted by Crippen LogP contribution is 2.14. The number of benzene rings is 1. The van der Waals surface area contributed by atoms with Crippen molar-refractivity contribution >= 4 is 17.0 Å². The number of aromatic nitrogens is 3. The molecule has 0 spiro atoms. The Labute approximate surface area is 113 Å². The number of fused-ring (bicyclic) bond motifs is 1. The lowest BCUT2D eigenvalue weighted by atomic mass is 9.97. The van der Waals surface area contributed by atoms with E-state index in [2.05, 4.69) is 34.3 Å². The minimum atomic E-state index is -0.384. The van der Waals surface area contributed by atoms with E-state index in [1.807, 2.05) is 24.3 Å². The SMILES string of the molecule is CCC(CC)C(O)CNc1nnc2ccccc2n1. The zero-order valence-corrected chi connectivity index (χ0v) is 11.4. The van der Waals surface area contributed by atoms with Crippen LogP contribution in [0.4, 0.5) is 5.95 Å². The Hall–Kier alpha value is -1.75. The Bertz CT molecular complexity index is 528. The number of aliphatic hydroxyl groups is 1. The first-order chi connectivity index (χ1) is 9.24. The molecule has 0 radical (unpaired) electrons. The number of anilines is 1. The van der Waals surface area contributed by atoms with Crippen molar-refractivity contribution in [3.8, 4) is 0 Å². The van der Waals surface area contributed by atoms with Gasteiger partial charge in [-0.15, -0.1) is 10.2 Å². The van der Waals surface area contributed by atoms with Crippen LogP contribution in [0.5, 0.6) is 0 Å². The van der Waals surface area contributed by atoms with Crippen LogP contribution in [0.2, 0.25) is 0 Å². The average molecular weight is 260 g/mol. The third-order valence-corrected chi connectivity index (χ3v) is 3.42. The summed E-state index contributed by atoms with van der Waals surface area (Å²) in [5.41, 5.74) is 1.57. The Kier molecular flexibility index (Phi) is 4.63. The number of para-hydroxylation sites is 1. The normalized spacial score (nSPS) is 12.8. The van der Waals surface area contributed by atoms with Crippen LogP contribution in [-0.2, 0) is 0 Å². The maximum Gasteiger partial charge on any atom is 0.243 e. The van der Waals surface area contributed by atoms with Gasteiger partial charge < -0.3 is 10.4 Å². The molecule has 0 saturated heterocycles. The predicted molar refractivity (Wildman–Crippen MR) is 75.9 cm³/mol. The fourth-order valence-corrected chi connectivity index (χ4v) is 2.15. The second-order valence-corrected chi connectivity index (χ2v) is 4.65. The fraction of sp³-hybridized carbons (Fsp3) is 0.500. The molecule has 19 heavy (non-hydrogen) atoms. The van der Waals surface area contributed by atoms with Gasteiger partial charge in [0.05, 0.1) is 11.6 Å². The molecule has 0 aliphatic rings. The summed E-state index contributed by atoms with van der Waals surface area (Å²) in [7, 11) is 0. The van der Waals surface area contributed by atoms with E-state index in [1.165, 1.54) is 0 Å². The third-order valence-electron chi connectivity index (χ3n) is 3.42. The molecule has 0 bridgehead atoms. The van der Waals surface area contributed by atoms with E-state index in [4.69, 9.17) is 0 Å². The van der Waals surface area contributed by atoms with Crippen molar-refractivity contribution in [3.05, 3.63) is 24.3 Å². The van der Waals surface area contributed by atoms with Gasteiger partial charge in [-0.2, -0.15) is 0 Å². The summed E-state index contributed by atoms with van der Waals surface area (Å²) < 4.78 is 0. The molecule has 102 valence electrons. The van der Waals surface area contributed by atoms with Gasteiger partial charge in [-0.25, -0.2) is 4.98 Å². The Morgan fingerprint density at radius 3 is 2.47 bits per heavy atom. The molecule has 1 heterocycles. The Morgan fingerprint density at radius 1 is 1.11 bits per heavy atom. The minimum Gasteiger partial charge on any atom is -0.391 e. The fourth-order valence-electron chi connectivity index (χ4n) is 2.15. The molecule has 0 saturated carbocycles. The first kappa shape index (κ1) is 13.7. The maximum absolute atomic E-state index is 10.0. The molecule has 1 aromatic carbocycles. The minimum absolute atomic E-state index is 0.306. The molecule has 2 N–H and O–H groups in total. The number of nitrogens with zero attached hydrogens (tertiary/aromatic N) is 3. The quantitative estimate of drug-likeness (QED) is 0.833. The maximum atomic E-state index is 10.0. The second kappa shape index (κ2) is 6.43. The summed E-state index contributed by atoms with van der Waals surface area (Å²) >= 11 is 0. The van der Waals surface area contributed by atoms with E-state index < -0.39 is 0 Å². The predicted octanol–water partition coefficient (Wildman–Crippen LogP) is 2.23. The van der Waals surface area contributed by atoms with E-state index >= 15 is 0 Å². The molecule has 0 fully saturated rings. The van der Waals surface area contributed by atoms with Crippen LogP contribution < -0.4 is 5.32 Å². The average Bonchev–Trinajstić information content (AvgIpc) is 2.46. The van der Waals surface area contributed by atoms with Crippen LogP contribution in [-0.4, -0.2) is 32.9 Å². The van der Waals surface area contributed by atoms with E-state index in [1.54, 1.807) is 0 Å². The lowest BCUT2D eigenvalue weighted by molar-refractivity contribution is 0.114. The summed E-state index contributed by atoms with van der Waals surface area (Å²) in [5, 5.41) is 21.2. The van der Waals surface area contributed by atoms with Crippen molar-refractivity contribution in [1.29, 1.82) is 0 Å². The first-order valence-corrected chi connectivity index (χ1v) is 6.76. The van der Waals surface area contributed by atoms with E-state index in [0.29, 0.717) is 18.4 Å². The Balaban J connectivity index is 2.01. The van der Waals surface area contributed by atoms with Crippen molar-refractivity contribution < 1.29 is 5.11 Å². The van der Waals surface area contributed by atoms with Gasteiger partial charge in [0.2, 0.25) is 5.95 Å². The van der Waals surface area contributed by atoms with E-state index in [-0.39, 0.29) is 6.10 Å².